The smallest absolute Gasteiger partial charge is 0.260 e. The van der Waals surface area contributed by atoms with Crippen LogP contribution in [0.5, 0.6) is 0 Å². The number of fused-ring (bicyclic) bond motifs is 2. The second-order valence-corrected chi connectivity index (χ2v) is 7.47. The Bertz CT molecular complexity index is 1290. The van der Waals surface area contributed by atoms with Crippen LogP contribution in [0.3, 0.4) is 0 Å². The Morgan fingerprint density at radius 1 is 1.10 bits per heavy atom. The van der Waals surface area contributed by atoms with E-state index >= 15 is 0 Å². The molecular weight excluding hydrogens is 373 g/mol. The molecule has 1 N–H and O–H groups in total. The molecule has 3 aromatic heterocycles. The van der Waals surface area contributed by atoms with Crippen LogP contribution >= 0.6 is 0 Å². The van der Waals surface area contributed by atoms with E-state index < -0.39 is 5.82 Å². The van der Waals surface area contributed by atoms with Gasteiger partial charge in [-0.2, -0.15) is 5.10 Å². The van der Waals surface area contributed by atoms with Crippen molar-refractivity contribution >= 4 is 27.6 Å². The third-order valence-corrected chi connectivity index (χ3v) is 5.36. The molecule has 1 aliphatic heterocycles. The molecule has 9 heteroatoms. The second kappa shape index (κ2) is 6.63. The van der Waals surface area contributed by atoms with Gasteiger partial charge >= 0.3 is 0 Å². The fourth-order valence-corrected chi connectivity index (χ4v) is 3.73. The summed E-state index contributed by atoms with van der Waals surface area (Å²) in [6, 6.07) is 4.92. The van der Waals surface area contributed by atoms with Crippen LogP contribution in [-0.2, 0) is 7.05 Å². The SMILES string of the molecule is CN1CCN(c2cnc3nc(-c4cc(F)c5nn(C)cc5c4)[nH]c(=O)c3c2)CC1. The Balaban J connectivity index is 1.57. The predicted molar refractivity (Wildman–Crippen MR) is 110 cm³/mol. The summed E-state index contributed by atoms with van der Waals surface area (Å²) in [5.41, 5.74) is 1.73. The first kappa shape index (κ1) is 17.7. The number of rotatable bonds is 2. The molecule has 1 aliphatic rings. The molecule has 148 valence electrons. The third kappa shape index (κ3) is 3.13. The summed E-state index contributed by atoms with van der Waals surface area (Å²) in [4.78, 5) is 28.9. The second-order valence-electron chi connectivity index (χ2n) is 7.47. The van der Waals surface area contributed by atoms with Crippen LogP contribution in [-0.4, -0.2) is 62.9 Å². The van der Waals surface area contributed by atoms with Gasteiger partial charge in [0, 0.05) is 50.4 Å². The quantitative estimate of drug-likeness (QED) is 0.559. The summed E-state index contributed by atoms with van der Waals surface area (Å²) in [6.45, 7) is 3.71. The standard InChI is InChI=1S/C20H20FN7O/c1-26-3-5-28(6-4-26)14-9-15-19(22-10-14)23-18(24-20(15)29)12-7-13-11-27(2)25-17(13)16(21)8-12/h7-11H,3-6H2,1-2H3,(H,22,23,24,29). The zero-order valence-corrected chi connectivity index (χ0v) is 16.2. The lowest BCUT2D eigenvalue weighted by molar-refractivity contribution is 0.313. The average Bonchev–Trinajstić information content (AvgIpc) is 3.09. The number of aromatic amines is 1. The summed E-state index contributed by atoms with van der Waals surface area (Å²) in [6.07, 6.45) is 3.47. The van der Waals surface area contributed by atoms with Crippen LogP contribution < -0.4 is 10.5 Å². The average molecular weight is 393 g/mol. The van der Waals surface area contributed by atoms with Gasteiger partial charge in [-0.3, -0.25) is 9.48 Å². The number of anilines is 1. The Morgan fingerprint density at radius 2 is 1.90 bits per heavy atom. The molecule has 0 atom stereocenters. The summed E-state index contributed by atoms with van der Waals surface area (Å²) >= 11 is 0. The lowest BCUT2D eigenvalue weighted by Crippen LogP contribution is -2.44. The maximum atomic E-state index is 14.4. The van der Waals surface area contributed by atoms with E-state index in [4.69, 9.17) is 0 Å². The molecule has 0 radical (unpaired) electrons. The maximum absolute atomic E-state index is 14.4. The molecule has 1 aromatic carbocycles. The molecule has 1 saturated heterocycles. The van der Waals surface area contributed by atoms with Crippen molar-refractivity contribution in [3.8, 4) is 11.4 Å². The van der Waals surface area contributed by atoms with Crippen LogP contribution in [0, 0.1) is 5.82 Å². The highest BCUT2D eigenvalue weighted by Crippen LogP contribution is 2.25. The third-order valence-electron chi connectivity index (χ3n) is 5.36. The van der Waals surface area contributed by atoms with Crippen LogP contribution in [0.1, 0.15) is 0 Å². The van der Waals surface area contributed by atoms with E-state index in [2.05, 4.69) is 36.9 Å². The van der Waals surface area contributed by atoms with E-state index in [0.29, 0.717) is 22.0 Å². The fraction of sp³-hybridized carbons (Fsp3) is 0.300. The number of hydrogen-bond donors (Lipinski definition) is 1. The predicted octanol–water partition coefficient (Wildman–Crippen LogP) is 1.76. The number of likely N-dealkylation sites (N-methyl/N-ethyl adjacent to an activating group) is 1. The lowest BCUT2D eigenvalue weighted by Gasteiger charge is -2.33. The Labute approximate surface area is 165 Å². The number of nitrogens with one attached hydrogen (secondary N) is 1. The van der Waals surface area contributed by atoms with Crippen molar-refractivity contribution in [2.75, 3.05) is 38.1 Å². The Hall–Kier alpha value is -3.33. The summed E-state index contributed by atoms with van der Waals surface area (Å²) in [5, 5.41) is 5.17. The van der Waals surface area contributed by atoms with Crippen molar-refractivity contribution in [1.29, 1.82) is 0 Å². The highest BCUT2D eigenvalue weighted by molar-refractivity contribution is 5.85. The minimum Gasteiger partial charge on any atom is -0.368 e. The van der Waals surface area contributed by atoms with Crippen LogP contribution in [0.25, 0.3) is 33.3 Å². The van der Waals surface area contributed by atoms with E-state index in [1.807, 2.05) is 6.07 Å². The zero-order valence-electron chi connectivity index (χ0n) is 16.2. The fourth-order valence-electron chi connectivity index (χ4n) is 3.73. The van der Waals surface area contributed by atoms with E-state index in [0.717, 1.165) is 31.9 Å². The largest absolute Gasteiger partial charge is 0.368 e. The summed E-state index contributed by atoms with van der Waals surface area (Å²) in [5.74, 6) is -0.175. The minimum atomic E-state index is -0.459. The number of benzene rings is 1. The molecule has 5 rings (SSSR count). The number of piperazine rings is 1. The van der Waals surface area contributed by atoms with E-state index in [1.165, 1.54) is 6.07 Å². The van der Waals surface area contributed by atoms with Gasteiger partial charge in [-0.15, -0.1) is 0 Å². The number of halogens is 1. The van der Waals surface area contributed by atoms with Crippen molar-refractivity contribution in [3.63, 3.8) is 0 Å². The van der Waals surface area contributed by atoms with Gasteiger partial charge in [0.25, 0.3) is 5.56 Å². The van der Waals surface area contributed by atoms with Crippen LogP contribution in [0.4, 0.5) is 10.1 Å². The molecule has 8 nitrogen and oxygen atoms in total. The van der Waals surface area contributed by atoms with Crippen LogP contribution in [0.15, 0.2) is 35.4 Å². The van der Waals surface area contributed by atoms with Crippen LogP contribution in [0.2, 0.25) is 0 Å². The normalized spacial score (nSPS) is 15.5. The van der Waals surface area contributed by atoms with Crippen molar-refractivity contribution in [2.45, 2.75) is 0 Å². The van der Waals surface area contributed by atoms with Gasteiger partial charge in [-0.1, -0.05) is 0 Å². The summed E-state index contributed by atoms with van der Waals surface area (Å²) < 4.78 is 16.0. The first-order valence-electron chi connectivity index (χ1n) is 9.45. The number of H-pyrrole nitrogens is 1. The monoisotopic (exact) mass is 393 g/mol. The first-order chi connectivity index (χ1) is 14.0. The minimum absolute atomic E-state index is 0.284. The number of nitrogens with zero attached hydrogens (tertiary/aromatic N) is 6. The molecule has 1 fully saturated rings. The van der Waals surface area contributed by atoms with E-state index in [-0.39, 0.29) is 16.9 Å². The molecule has 0 unspecified atom stereocenters. The van der Waals surface area contributed by atoms with Gasteiger partial charge in [0.2, 0.25) is 0 Å². The van der Waals surface area contributed by atoms with Crippen molar-refractivity contribution < 1.29 is 4.39 Å². The number of pyridine rings is 1. The molecule has 4 heterocycles. The first-order valence-corrected chi connectivity index (χ1v) is 9.45. The molecule has 0 amide bonds. The topological polar surface area (TPSA) is 82.9 Å². The molecule has 0 spiro atoms. The molecular formula is C20H20FN7O. The van der Waals surface area contributed by atoms with Gasteiger partial charge in [0.05, 0.1) is 17.3 Å². The molecule has 0 bridgehead atoms. The molecule has 4 aromatic rings. The highest BCUT2D eigenvalue weighted by atomic mass is 19.1. The number of aromatic nitrogens is 5. The molecule has 29 heavy (non-hydrogen) atoms. The van der Waals surface area contributed by atoms with Gasteiger partial charge < -0.3 is 14.8 Å². The van der Waals surface area contributed by atoms with Gasteiger partial charge in [0.15, 0.2) is 11.5 Å². The zero-order chi connectivity index (χ0) is 20.1. The lowest BCUT2D eigenvalue weighted by atomic mass is 10.1. The molecule has 0 aliphatic carbocycles. The van der Waals surface area contributed by atoms with E-state index in [9.17, 15) is 9.18 Å². The van der Waals surface area contributed by atoms with Crippen molar-refractivity contribution in [3.05, 3.63) is 46.8 Å². The van der Waals surface area contributed by atoms with Gasteiger partial charge in [-0.05, 0) is 25.2 Å². The maximum Gasteiger partial charge on any atom is 0.260 e. The van der Waals surface area contributed by atoms with Crippen molar-refractivity contribution in [1.82, 2.24) is 29.6 Å². The van der Waals surface area contributed by atoms with Gasteiger partial charge in [0.1, 0.15) is 11.3 Å². The van der Waals surface area contributed by atoms with E-state index in [1.54, 1.807) is 30.2 Å². The summed E-state index contributed by atoms with van der Waals surface area (Å²) in [7, 11) is 3.83. The Kier molecular flexibility index (Phi) is 4.06. The van der Waals surface area contributed by atoms with Gasteiger partial charge in [-0.25, -0.2) is 14.4 Å². The highest BCUT2D eigenvalue weighted by Gasteiger charge is 2.17. The molecule has 0 saturated carbocycles. The Morgan fingerprint density at radius 3 is 2.69 bits per heavy atom. The number of aryl methyl sites for hydroxylation is 1. The van der Waals surface area contributed by atoms with Crippen molar-refractivity contribution in [2.24, 2.45) is 7.05 Å². The number of hydrogen-bond acceptors (Lipinski definition) is 6.